The van der Waals surface area contributed by atoms with Crippen molar-refractivity contribution in [3.8, 4) is 0 Å². The zero-order valence-corrected chi connectivity index (χ0v) is 12.9. The van der Waals surface area contributed by atoms with Crippen molar-refractivity contribution in [1.29, 1.82) is 0 Å². The van der Waals surface area contributed by atoms with Crippen molar-refractivity contribution in [1.82, 2.24) is 10.5 Å². The molecule has 1 heterocycles. The van der Waals surface area contributed by atoms with E-state index in [1.54, 1.807) is 6.26 Å². The molecule has 5 rings (SSSR count). The lowest BCUT2D eigenvalue weighted by molar-refractivity contribution is -0.0124. The molecule has 0 saturated heterocycles. The first-order chi connectivity index (χ1) is 10.2. The fourth-order valence-corrected chi connectivity index (χ4v) is 5.55. The molecule has 0 aliphatic heterocycles. The van der Waals surface area contributed by atoms with Crippen LogP contribution < -0.4 is 10.9 Å². The van der Waals surface area contributed by atoms with E-state index in [0.717, 1.165) is 11.8 Å². The Morgan fingerprint density at radius 1 is 1.19 bits per heavy atom. The number of thioether (sulfide) groups is 1. The van der Waals surface area contributed by atoms with E-state index in [0.29, 0.717) is 16.7 Å². The molecular formula is C15H20N2O3S. The van der Waals surface area contributed by atoms with Gasteiger partial charge in [-0.15, -0.1) is 11.8 Å². The lowest BCUT2D eigenvalue weighted by atomic mass is 9.54. The minimum atomic E-state index is -0.322. The lowest BCUT2D eigenvalue weighted by Crippen LogP contribution is -2.55. The van der Waals surface area contributed by atoms with Crippen LogP contribution in [0, 0.1) is 23.7 Å². The molecule has 2 N–H and O–H groups in total. The minimum absolute atomic E-state index is 0.140. The fraction of sp³-hybridized carbons (Fsp3) is 0.733. The highest BCUT2D eigenvalue weighted by Crippen LogP contribution is 2.53. The molecule has 21 heavy (non-hydrogen) atoms. The van der Waals surface area contributed by atoms with Gasteiger partial charge in [-0.25, -0.2) is 0 Å². The van der Waals surface area contributed by atoms with E-state index in [1.807, 2.05) is 0 Å². The third-order valence-corrected chi connectivity index (χ3v) is 6.37. The summed E-state index contributed by atoms with van der Waals surface area (Å²) < 4.78 is 5.07. The molecule has 1 aromatic rings. The second-order valence-electron chi connectivity index (χ2n) is 6.83. The van der Waals surface area contributed by atoms with Crippen LogP contribution in [0.25, 0.3) is 0 Å². The monoisotopic (exact) mass is 308 g/mol. The van der Waals surface area contributed by atoms with Crippen molar-refractivity contribution in [3.05, 3.63) is 16.1 Å². The van der Waals surface area contributed by atoms with Gasteiger partial charge in [0.1, 0.15) is 4.90 Å². The van der Waals surface area contributed by atoms with E-state index in [9.17, 15) is 9.59 Å². The van der Waals surface area contributed by atoms with Gasteiger partial charge in [-0.05, 0) is 62.0 Å². The maximum absolute atomic E-state index is 12.5. The Hall–Kier alpha value is -1.17. The smallest absolute Gasteiger partial charge is 0.294 e. The van der Waals surface area contributed by atoms with E-state index in [4.69, 9.17) is 4.52 Å². The van der Waals surface area contributed by atoms with Gasteiger partial charge in [0.2, 0.25) is 5.76 Å². The lowest BCUT2D eigenvalue weighted by Gasteiger charge is -2.54. The van der Waals surface area contributed by atoms with Crippen LogP contribution in [0.15, 0.2) is 14.2 Å². The quantitative estimate of drug-likeness (QED) is 0.840. The van der Waals surface area contributed by atoms with Gasteiger partial charge in [-0.1, -0.05) is 0 Å². The van der Waals surface area contributed by atoms with E-state index >= 15 is 0 Å². The van der Waals surface area contributed by atoms with E-state index in [1.165, 1.54) is 43.9 Å². The number of hydrogen-bond donors (Lipinski definition) is 2. The number of carbonyl (C=O) groups is 1. The summed E-state index contributed by atoms with van der Waals surface area (Å²) in [7, 11) is 0. The van der Waals surface area contributed by atoms with Gasteiger partial charge in [0, 0.05) is 6.04 Å². The third kappa shape index (κ3) is 2.15. The van der Waals surface area contributed by atoms with Crippen LogP contribution in [0.1, 0.15) is 42.7 Å². The maximum atomic E-state index is 12.5. The number of hydrogen-bond acceptors (Lipinski definition) is 4. The molecule has 4 fully saturated rings. The molecule has 4 bridgehead atoms. The van der Waals surface area contributed by atoms with Crippen LogP contribution in [-0.2, 0) is 0 Å². The first-order valence-corrected chi connectivity index (χ1v) is 8.94. The normalized spacial score (nSPS) is 36.9. The van der Waals surface area contributed by atoms with Gasteiger partial charge in [0.15, 0.2) is 0 Å². The SMILES string of the molecule is CSc1c(C(=O)NC2C3CC4CC(C3)CC2C4)o[nH]c1=O. The van der Waals surface area contributed by atoms with Gasteiger partial charge in [-0.3, -0.25) is 9.59 Å². The maximum Gasteiger partial charge on any atom is 0.294 e. The molecule has 0 spiro atoms. The average Bonchev–Trinajstić information content (AvgIpc) is 2.83. The highest BCUT2D eigenvalue weighted by Gasteiger charge is 2.48. The van der Waals surface area contributed by atoms with E-state index in [-0.39, 0.29) is 23.3 Å². The first-order valence-electron chi connectivity index (χ1n) is 7.72. The summed E-state index contributed by atoms with van der Waals surface area (Å²) in [5.74, 6) is 2.90. The summed E-state index contributed by atoms with van der Waals surface area (Å²) in [5, 5.41) is 5.42. The largest absolute Gasteiger partial charge is 0.372 e. The Morgan fingerprint density at radius 3 is 2.38 bits per heavy atom. The molecule has 4 saturated carbocycles. The molecule has 0 aromatic carbocycles. The van der Waals surface area contributed by atoms with Crippen molar-refractivity contribution >= 4 is 17.7 Å². The molecule has 114 valence electrons. The van der Waals surface area contributed by atoms with Crippen molar-refractivity contribution in [2.24, 2.45) is 23.7 Å². The summed E-state index contributed by atoms with van der Waals surface area (Å²) >= 11 is 1.25. The summed E-state index contributed by atoms with van der Waals surface area (Å²) in [5.41, 5.74) is -0.322. The molecule has 4 aliphatic rings. The van der Waals surface area contributed by atoms with Crippen LogP contribution in [0.2, 0.25) is 0 Å². The number of carbonyl (C=O) groups excluding carboxylic acids is 1. The number of H-pyrrole nitrogens is 1. The van der Waals surface area contributed by atoms with Crippen LogP contribution in [0.3, 0.4) is 0 Å². The Morgan fingerprint density at radius 2 is 1.81 bits per heavy atom. The van der Waals surface area contributed by atoms with Crippen LogP contribution in [-0.4, -0.2) is 23.4 Å². The molecule has 6 heteroatoms. The zero-order chi connectivity index (χ0) is 14.6. The Bertz CT molecular complexity index is 593. The second-order valence-corrected chi connectivity index (χ2v) is 7.64. The average molecular weight is 308 g/mol. The number of aromatic nitrogens is 1. The molecule has 4 aliphatic carbocycles. The minimum Gasteiger partial charge on any atom is -0.372 e. The van der Waals surface area contributed by atoms with Crippen molar-refractivity contribution in [2.75, 3.05) is 6.26 Å². The Balaban J connectivity index is 1.53. The third-order valence-electron chi connectivity index (χ3n) is 5.59. The summed E-state index contributed by atoms with van der Waals surface area (Å²) in [4.78, 5) is 24.4. The van der Waals surface area contributed by atoms with Gasteiger partial charge in [-0.2, -0.15) is 5.16 Å². The summed E-state index contributed by atoms with van der Waals surface area (Å²) in [6, 6.07) is 0.264. The number of aromatic amines is 1. The van der Waals surface area contributed by atoms with Crippen LogP contribution in [0.5, 0.6) is 0 Å². The zero-order valence-electron chi connectivity index (χ0n) is 12.1. The molecule has 1 aromatic heterocycles. The second kappa shape index (κ2) is 4.93. The molecule has 0 atom stereocenters. The van der Waals surface area contributed by atoms with Crippen molar-refractivity contribution in [3.63, 3.8) is 0 Å². The molecule has 5 nitrogen and oxygen atoms in total. The number of amides is 1. The highest BCUT2D eigenvalue weighted by atomic mass is 32.2. The summed E-state index contributed by atoms with van der Waals surface area (Å²) in [6.07, 6.45) is 8.19. The summed E-state index contributed by atoms with van der Waals surface area (Å²) in [6.45, 7) is 0. The number of rotatable bonds is 3. The van der Waals surface area contributed by atoms with Crippen molar-refractivity contribution < 1.29 is 9.32 Å². The molecular weight excluding hydrogens is 288 g/mol. The van der Waals surface area contributed by atoms with E-state index < -0.39 is 0 Å². The molecule has 0 radical (unpaired) electrons. The standard InChI is InChI=1S/C15H20N2O3S/c1-21-13-12(20-17-15(13)19)14(18)16-11-9-3-7-2-8(5-9)6-10(11)4-7/h7-11H,2-6H2,1H3,(H,16,18)(H,17,19). The predicted molar refractivity (Wildman–Crippen MR) is 79.4 cm³/mol. The first kappa shape index (κ1) is 13.5. The van der Waals surface area contributed by atoms with Crippen molar-refractivity contribution in [2.45, 2.75) is 43.0 Å². The van der Waals surface area contributed by atoms with E-state index in [2.05, 4.69) is 10.5 Å². The van der Waals surface area contributed by atoms with Gasteiger partial charge < -0.3 is 9.84 Å². The number of nitrogens with one attached hydrogen (secondary N) is 2. The predicted octanol–water partition coefficient (Wildman–Crippen LogP) is 2.24. The van der Waals surface area contributed by atoms with Crippen LogP contribution in [0.4, 0.5) is 0 Å². The Kier molecular flexibility index (Phi) is 3.17. The van der Waals surface area contributed by atoms with Crippen LogP contribution >= 0.6 is 11.8 Å². The highest BCUT2D eigenvalue weighted by molar-refractivity contribution is 7.98. The topological polar surface area (TPSA) is 75.1 Å². The van der Waals surface area contributed by atoms with Gasteiger partial charge in [0.25, 0.3) is 11.5 Å². The fourth-order valence-electron chi connectivity index (χ4n) is 5.01. The molecule has 0 unspecified atom stereocenters. The Labute approximate surface area is 127 Å². The molecule has 1 amide bonds. The van der Waals surface area contributed by atoms with Gasteiger partial charge in [0.05, 0.1) is 0 Å². The van der Waals surface area contributed by atoms with Gasteiger partial charge >= 0.3 is 0 Å².